The highest BCUT2D eigenvalue weighted by Gasteiger charge is 1.94. The molecule has 0 radical (unpaired) electrons. The number of rotatable bonds is 0. The summed E-state index contributed by atoms with van der Waals surface area (Å²) < 4.78 is 16.6. The molecule has 6 heavy (non-hydrogen) atoms. The molecule has 0 spiro atoms. The highest BCUT2D eigenvalue weighted by Crippen LogP contribution is 1.85. The molecule has 0 aromatic carbocycles. The Morgan fingerprint density at radius 3 is 2.33 bits per heavy atom. The van der Waals surface area contributed by atoms with E-state index in [9.17, 15) is 0 Å². The summed E-state index contributed by atoms with van der Waals surface area (Å²) >= 11 is 0. The molecule has 2 heteroatoms. The normalized spacial score (nSPS) is 38.7. The molecule has 1 fully saturated rings. The zero-order chi connectivity index (χ0) is 5.11. The van der Waals surface area contributed by atoms with Gasteiger partial charge in [0.1, 0.15) is 0 Å². The molecule has 1 atom stereocenters. The lowest BCUT2D eigenvalue weighted by molar-refractivity contribution is -0.0334. The molecule has 1 aliphatic heterocycles. The molecule has 0 N–H and O–H groups in total. The molecule has 2 nitrogen and oxygen atoms in total. The lowest BCUT2D eigenvalue weighted by Gasteiger charge is -2.09. The van der Waals surface area contributed by atoms with Crippen LogP contribution in [0, 0.1) is 0 Å². The van der Waals surface area contributed by atoms with Crippen LogP contribution in [0.4, 0.5) is 0 Å². The highest BCUT2D eigenvalue weighted by atomic mass is 16.6. The maximum Gasteiger partial charge on any atom is 0.0701 e. The largest absolute Gasteiger partial charge is 0.377 e. The number of hydrogen-bond acceptors (Lipinski definition) is 2. The summed E-state index contributed by atoms with van der Waals surface area (Å²) in [6.45, 7) is 1.22. The standard InChI is InChI=1S/C4H8O2/c1-2-6-4-3-5-1/h1-4H2/i1D. The molecule has 1 rings (SSSR count). The van der Waals surface area contributed by atoms with Crippen molar-refractivity contribution in [1.29, 1.82) is 0 Å². The summed E-state index contributed by atoms with van der Waals surface area (Å²) in [5, 5.41) is 0. The van der Waals surface area contributed by atoms with Gasteiger partial charge in [0.15, 0.2) is 0 Å². The van der Waals surface area contributed by atoms with Crippen LogP contribution in [0.5, 0.6) is 0 Å². The lowest BCUT2D eigenvalue weighted by Crippen LogP contribution is -2.16. The van der Waals surface area contributed by atoms with Crippen LogP contribution in [0.25, 0.3) is 0 Å². The molecule has 1 unspecified atom stereocenters. The summed E-state index contributed by atoms with van der Waals surface area (Å²) in [7, 11) is 0. The van der Waals surface area contributed by atoms with Crippen molar-refractivity contribution in [1.82, 2.24) is 0 Å². The van der Waals surface area contributed by atoms with Crippen LogP contribution >= 0.6 is 0 Å². The van der Waals surface area contributed by atoms with E-state index in [0.29, 0.717) is 19.8 Å². The van der Waals surface area contributed by atoms with Gasteiger partial charge in [-0.1, -0.05) is 0 Å². The molecule has 0 bridgehead atoms. The molecular formula is C4H8O2. The summed E-state index contributed by atoms with van der Waals surface area (Å²) in [5.74, 6) is 0. The van der Waals surface area contributed by atoms with Gasteiger partial charge in [0, 0.05) is 0 Å². The quantitative estimate of drug-likeness (QED) is 0.417. The second-order valence-electron chi connectivity index (χ2n) is 1.11. The second kappa shape index (κ2) is 2.16. The van der Waals surface area contributed by atoms with E-state index in [4.69, 9.17) is 10.8 Å². The Morgan fingerprint density at radius 2 is 2.00 bits per heavy atom. The monoisotopic (exact) mass is 89.1 g/mol. The van der Waals surface area contributed by atoms with Crippen molar-refractivity contribution in [2.45, 2.75) is 0 Å². The Morgan fingerprint density at radius 1 is 1.17 bits per heavy atom. The summed E-state index contributed by atoms with van der Waals surface area (Å²) in [6, 6.07) is 0. The first kappa shape index (κ1) is 2.99. The third-order valence-electron chi connectivity index (χ3n) is 0.649. The van der Waals surface area contributed by atoms with Gasteiger partial charge in [-0.25, -0.2) is 0 Å². The van der Waals surface area contributed by atoms with E-state index in [1.165, 1.54) is 0 Å². The first-order chi connectivity index (χ1) is 3.39. The van der Waals surface area contributed by atoms with Crippen LogP contribution in [0.2, 0.25) is 0 Å². The Kier molecular flexibility index (Phi) is 1.08. The predicted octanol–water partition coefficient (Wildman–Crippen LogP) is 0.0332. The van der Waals surface area contributed by atoms with Gasteiger partial charge >= 0.3 is 0 Å². The molecule has 1 heterocycles. The topological polar surface area (TPSA) is 18.5 Å². The Bertz CT molecular complexity index is 51.7. The van der Waals surface area contributed by atoms with Crippen molar-refractivity contribution in [2.24, 2.45) is 0 Å². The SMILES string of the molecule is [2H]C1COCCO1. The van der Waals surface area contributed by atoms with Crippen LogP contribution in [-0.2, 0) is 9.47 Å². The fraction of sp³-hybridized carbons (Fsp3) is 1.00. The Labute approximate surface area is 38.5 Å². The molecule has 0 aromatic rings. The molecule has 0 aromatic heterocycles. The Hall–Kier alpha value is -0.0800. The van der Waals surface area contributed by atoms with Gasteiger partial charge in [-0.2, -0.15) is 0 Å². The zero-order valence-corrected chi connectivity index (χ0v) is 3.52. The van der Waals surface area contributed by atoms with Gasteiger partial charge in [0.05, 0.1) is 27.8 Å². The van der Waals surface area contributed by atoms with E-state index >= 15 is 0 Å². The van der Waals surface area contributed by atoms with E-state index in [0.717, 1.165) is 0 Å². The van der Waals surface area contributed by atoms with Crippen LogP contribution in [-0.4, -0.2) is 26.4 Å². The van der Waals surface area contributed by atoms with Crippen molar-refractivity contribution in [3.63, 3.8) is 0 Å². The summed E-state index contributed by atoms with van der Waals surface area (Å²) in [4.78, 5) is 0. The van der Waals surface area contributed by atoms with Crippen molar-refractivity contribution >= 4 is 0 Å². The van der Waals surface area contributed by atoms with Crippen molar-refractivity contribution < 1.29 is 10.8 Å². The van der Waals surface area contributed by atoms with Crippen molar-refractivity contribution in [2.75, 3.05) is 26.4 Å². The maximum atomic E-state index is 6.92. The van der Waals surface area contributed by atoms with Gasteiger partial charge in [-0.15, -0.1) is 0 Å². The van der Waals surface area contributed by atoms with Gasteiger partial charge in [-0.05, 0) is 0 Å². The Balaban J connectivity index is 2.12. The first-order valence-corrected chi connectivity index (χ1v) is 2.01. The van der Waals surface area contributed by atoms with E-state index in [-0.39, 0.29) is 0 Å². The van der Waals surface area contributed by atoms with Gasteiger partial charge in [0.25, 0.3) is 0 Å². The van der Waals surface area contributed by atoms with Crippen LogP contribution in [0.1, 0.15) is 1.37 Å². The minimum atomic E-state index is -0.436. The summed E-state index contributed by atoms with van der Waals surface area (Å²) in [6.07, 6.45) is 0. The van der Waals surface area contributed by atoms with Crippen molar-refractivity contribution in [3.8, 4) is 0 Å². The second-order valence-corrected chi connectivity index (χ2v) is 1.11. The smallest absolute Gasteiger partial charge is 0.0701 e. The van der Waals surface area contributed by atoms with Crippen LogP contribution in [0.15, 0.2) is 0 Å². The van der Waals surface area contributed by atoms with E-state index in [1.54, 1.807) is 0 Å². The van der Waals surface area contributed by atoms with Gasteiger partial charge in [0.2, 0.25) is 0 Å². The summed E-state index contributed by atoms with van der Waals surface area (Å²) in [5.41, 5.74) is 0. The minimum absolute atomic E-state index is 0.431. The van der Waals surface area contributed by atoms with Crippen LogP contribution in [0.3, 0.4) is 0 Å². The molecule has 36 valence electrons. The van der Waals surface area contributed by atoms with Crippen LogP contribution < -0.4 is 0 Å². The minimum Gasteiger partial charge on any atom is -0.377 e. The van der Waals surface area contributed by atoms with E-state index < -0.39 is 6.58 Å². The zero-order valence-electron chi connectivity index (χ0n) is 4.52. The average molecular weight is 89.1 g/mol. The van der Waals surface area contributed by atoms with E-state index in [1.807, 2.05) is 0 Å². The number of hydrogen-bond donors (Lipinski definition) is 0. The van der Waals surface area contributed by atoms with Gasteiger partial charge in [-0.3, -0.25) is 0 Å². The average Bonchev–Trinajstić information content (AvgIpc) is 1.69. The fourth-order valence-corrected chi connectivity index (χ4v) is 0.370. The molecular weight excluding hydrogens is 80.0 g/mol. The molecule has 1 saturated heterocycles. The lowest BCUT2D eigenvalue weighted by atomic mass is 10.6. The highest BCUT2D eigenvalue weighted by molar-refractivity contribution is 4.37. The molecule has 0 saturated carbocycles. The third kappa shape index (κ3) is 0.954. The predicted molar refractivity (Wildman–Crippen MR) is 21.6 cm³/mol. The van der Waals surface area contributed by atoms with Crippen molar-refractivity contribution in [3.05, 3.63) is 0 Å². The molecule has 0 aliphatic carbocycles. The molecule has 1 aliphatic rings. The van der Waals surface area contributed by atoms with E-state index in [2.05, 4.69) is 0 Å². The fourth-order valence-electron chi connectivity index (χ4n) is 0.370. The van der Waals surface area contributed by atoms with Gasteiger partial charge < -0.3 is 9.47 Å². The number of ether oxygens (including phenoxy) is 2. The first-order valence-electron chi connectivity index (χ1n) is 2.59. The molecule has 0 amide bonds. The maximum absolute atomic E-state index is 6.92. The third-order valence-corrected chi connectivity index (χ3v) is 0.649.